The maximum atomic E-state index is 12.5. The Balaban J connectivity index is 1.45. The lowest BCUT2D eigenvalue weighted by Crippen LogP contribution is -2.46. The van der Waals surface area contributed by atoms with Crippen LogP contribution in [-0.4, -0.2) is 48.6 Å². The summed E-state index contributed by atoms with van der Waals surface area (Å²) in [5.41, 5.74) is 1.43. The Morgan fingerprint density at radius 1 is 1.06 bits per heavy atom. The quantitative estimate of drug-likeness (QED) is 0.360. The first kappa shape index (κ1) is 23.5. The average Bonchev–Trinajstić information content (AvgIpc) is 2.79. The third kappa shape index (κ3) is 6.95. The van der Waals surface area contributed by atoms with Gasteiger partial charge in [0.1, 0.15) is 5.75 Å². The molecule has 1 aliphatic rings. The Kier molecular flexibility index (Phi) is 8.44. The van der Waals surface area contributed by atoms with Crippen LogP contribution in [0.1, 0.15) is 35.7 Å². The van der Waals surface area contributed by atoms with Crippen molar-refractivity contribution in [3.63, 3.8) is 0 Å². The maximum Gasteiger partial charge on any atom is 0.513 e. The van der Waals surface area contributed by atoms with E-state index in [1.807, 2.05) is 24.3 Å². The molecule has 2 aromatic rings. The molecule has 0 radical (unpaired) electrons. The number of hydrogen-bond acceptors (Lipinski definition) is 5. The minimum absolute atomic E-state index is 0.00235. The van der Waals surface area contributed by atoms with Crippen LogP contribution in [0, 0.1) is 0 Å². The fourth-order valence-electron chi connectivity index (χ4n) is 3.28. The van der Waals surface area contributed by atoms with Gasteiger partial charge in [0.25, 0.3) is 5.91 Å². The number of carbonyl (C=O) groups excluding carboxylic acids is 3. The van der Waals surface area contributed by atoms with Gasteiger partial charge in [0.15, 0.2) is 0 Å². The van der Waals surface area contributed by atoms with E-state index in [2.05, 4.69) is 21.2 Å². The number of likely N-dealkylation sites (tertiary alicyclic amines) is 1. The van der Waals surface area contributed by atoms with Crippen molar-refractivity contribution >= 4 is 40.0 Å². The summed E-state index contributed by atoms with van der Waals surface area (Å²) in [5.74, 6) is 0.0745. The van der Waals surface area contributed by atoms with E-state index in [9.17, 15) is 14.4 Å². The van der Waals surface area contributed by atoms with Gasteiger partial charge in [-0.2, -0.15) is 0 Å². The van der Waals surface area contributed by atoms with Gasteiger partial charge in [-0.15, -0.1) is 0 Å². The second-order valence-corrected chi connectivity index (χ2v) is 8.18. The van der Waals surface area contributed by atoms with Crippen LogP contribution in [0.3, 0.4) is 0 Å². The standard InChI is InChI=1S/C24H25BrN2O5/c1-2-31-24(30)32-21-10-6-18(7-11-21)23(29)26-20-13-15-27(16-14-20)22(28)12-5-17-3-8-19(25)9-4-17/h3-12,20H,2,13-16H2,1H3,(H,26,29)/b12-5+. The van der Waals surface area contributed by atoms with Gasteiger partial charge in [-0.3, -0.25) is 9.59 Å². The number of ether oxygens (including phenoxy) is 2. The lowest BCUT2D eigenvalue weighted by atomic mass is 10.0. The summed E-state index contributed by atoms with van der Waals surface area (Å²) in [6.45, 7) is 3.09. The van der Waals surface area contributed by atoms with Crippen LogP contribution in [0.25, 0.3) is 6.08 Å². The molecule has 0 atom stereocenters. The fourth-order valence-corrected chi connectivity index (χ4v) is 3.54. The van der Waals surface area contributed by atoms with Gasteiger partial charge in [-0.05, 0) is 67.8 Å². The molecule has 168 valence electrons. The second-order valence-electron chi connectivity index (χ2n) is 7.27. The molecule has 0 bridgehead atoms. The van der Waals surface area contributed by atoms with Crippen molar-refractivity contribution in [2.45, 2.75) is 25.8 Å². The highest BCUT2D eigenvalue weighted by Crippen LogP contribution is 2.16. The lowest BCUT2D eigenvalue weighted by Gasteiger charge is -2.31. The average molecular weight is 501 g/mol. The monoisotopic (exact) mass is 500 g/mol. The number of nitrogens with one attached hydrogen (secondary N) is 1. The van der Waals surface area contributed by atoms with Gasteiger partial charge in [0.2, 0.25) is 5.91 Å². The van der Waals surface area contributed by atoms with E-state index in [1.54, 1.807) is 48.2 Å². The third-order valence-corrected chi connectivity index (χ3v) is 5.54. The minimum Gasteiger partial charge on any atom is -0.434 e. The predicted octanol–water partition coefficient (Wildman–Crippen LogP) is 4.42. The molecule has 1 aliphatic heterocycles. The second kappa shape index (κ2) is 11.5. The molecule has 1 fully saturated rings. The highest BCUT2D eigenvalue weighted by Gasteiger charge is 2.23. The zero-order valence-electron chi connectivity index (χ0n) is 17.8. The molecule has 0 unspecified atom stereocenters. The van der Waals surface area contributed by atoms with Crippen LogP contribution >= 0.6 is 15.9 Å². The number of carbonyl (C=O) groups is 3. The number of nitrogens with zero attached hydrogens (tertiary/aromatic N) is 1. The number of hydrogen-bond donors (Lipinski definition) is 1. The van der Waals surface area contributed by atoms with E-state index >= 15 is 0 Å². The van der Waals surface area contributed by atoms with Crippen molar-refractivity contribution in [3.05, 3.63) is 70.2 Å². The van der Waals surface area contributed by atoms with Crippen LogP contribution in [0.4, 0.5) is 4.79 Å². The molecule has 2 amide bonds. The van der Waals surface area contributed by atoms with Gasteiger partial charge < -0.3 is 19.7 Å². The molecule has 0 saturated carbocycles. The first-order valence-electron chi connectivity index (χ1n) is 10.4. The Labute approximate surface area is 195 Å². The van der Waals surface area contributed by atoms with E-state index in [0.29, 0.717) is 37.2 Å². The molecular weight excluding hydrogens is 476 g/mol. The Bertz CT molecular complexity index is 965. The van der Waals surface area contributed by atoms with E-state index in [4.69, 9.17) is 9.47 Å². The van der Waals surface area contributed by atoms with Crippen LogP contribution in [-0.2, 0) is 9.53 Å². The van der Waals surface area contributed by atoms with Gasteiger partial charge >= 0.3 is 6.16 Å². The molecule has 2 aromatic carbocycles. The number of amides is 2. The third-order valence-electron chi connectivity index (χ3n) is 5.01. The SMILES string of the molecule is CCOC(=O)Oc1ccc(C(=O)NC2CCN(C(=O)/C=C/c3ccc(Br)cc3)CC2)cc1. The summed E-state index contributed by atoms with van der Waals surface area (Å²) >= 11 is 3.39. The largest absolute Gasteiger partial charge is 0.513 e. The number of rotatable bonds is 6. The van der Waals surface area contributed by atoms with E-state index < -0.39 is 6.16 Å². The topological polar surface area (TPSA) is 84.9 Å². The number of halogens is 1. The van der Waals surface area contributed by atoms with Crippen molar-refractivity contribution in [1.82, 2.24) is 10.2 Å². The van der Waals surface area contributed by atoms with Gasteiger partial charge in [0, 0.05) is 35.2 Å². The van der Waals surface area contributed by atoms with Crippen LogP contribution < -0.4 is 10.1 Å². The first-order valence-corrected chi connectivity index (χ1v) is 11.2. The molecule has 1 N–H and O–H groups in total. The first-order chi connectivity index (χ1) is 15.4. The highest BCUT2D eigenvalue weighted by molar-refractivity contribution is 9.10. The summed E-state index contributed by atoms with van der Waals surface area (Å²) in [7, 11) is 0. The van der Waals surface area contributed by atoms with Crippen molar-refractivity contribution in [2.75, 3.05) is 19.7 Å². The highest BCUT2D eigenvalue weighted by atomic mass is 79.9. The van der Waals surface area contributed by atoms with Crippen LogP contribution in [0.2, 0.25) is 0 Å². The Morgan fingerprint density at radius 3 is 2.34 bits per heavy atom. The van der Waals surface area contributed by atoms with Crippen molar-refractivity contribution in [2.24, 2.45) is 0 Å². The van der Waals surface area contributed by atoms with Crippen molar-refractivity contribution in [1.29, 1.82) is 0 Å². The zero-order chi connectivity index (χ0) is 22.9. The van der Waals surface area contributed by atoms with E-state index in [-0.39, 0.29) is 24.5 Å². The van der Waals surface area contributed by atoms with Crippen LogP contribution in [0.15, 0.2) is 59.1 Å². The summed E-state index contributed by atoms with van der Waals surface area (Å²) in [6.07, 6.45) is 3.99. The van der Waals surface area contributed by atoms with Gasteiger partial charge in [-0.25, -0.2) is 4.79 Å². The van der Waals surface area contributed by atoms with Gasteiger partial charge in [-0.1, -0.05) is 28.1 Å². The Hall–Kier alpha value is -3.13. The number of benzene rings is 2. The van der Waals surface area contributed by atoms with E-state index in [0.717, 1.165) is 10.0 Å². The molecule has 7 nitrogen and oxygen atoms in total. The molecular formula is C24H25BrN2O5. The zero-order valence-corrected chi connectivity index (χ0v) is 19.3. The molecule has 8 heteroatoms. The normalized spacial score (nSPS) is 14.2. The fraction of sp³-hybridized carbons (Fsp3) is 0.292. The van der Waals surface area contributed by atoms with Crippen molar-refractivity contribution < 1.29 is 23.9 Å². The molecule has 3 rings (SSSR count). The minimum atomic E-state index is -0.780. The molecule has 0 aliphatic carbocycles. The molecule has 0 aromatic heterocycles. The molecule has 1 heterocycles. The van der Waals surface area contributed by atoms with Crippen LogP contribution in [0.5, 0.6) is 5.75 Å². The molecule has 0 spiro atoms. The van der Waals surface area contributed by atoms with Crippen molar-refractivity contribution in [3.8, 4) is 5.75 Å². The predicted molar refractivity (Wildman–Crippen MR) is 124 cm³/mol. The number of piperidine rings is 1. The molecule has 1 saturated heterocycles. The molecule has 32 heavy (non-hydrogen) atoms. The van der Waals surface area contributed by atoms with Gasteiger partial charge in [0.05, 0.1) is 6.61 Å². The lowest BCUT2D eigenvalue weighted by molar-refractivity contribution is -0.127. The summed E-state index contributed by atoms with van der Waals surface area (Å²) in [5, 5.41) is 3.01. The smallest absolute Gasteiger partial charge is 0.434 e. The van der Waals surface area contributed by atoms with E-state index in [1.165, 1.54) is 0 Å². The summed E-state index contributed by atoms with van der Waals surface area (Å²) < 4.78 is 10.7. The summed E-state index contributed by atoms with van der Waals surface area (Å²) in [6, 6.07) is 14.0. The summed E-state index contributed by atoms with van der Waals surface area (Å²) in [4.78, 5) is 38.1. The Morgan fingerprint density at radius 2 is 1.72 bits per heavy atom. The maximum absolute atomic E-state index is 12.5.